The maximum atomic E-state index is 10.8. The second-order valence-electron chi connectivity index (χ2n) is 6.62. The van der Waals surface area contributed by atoms with Gasteiger partial charge in [-0.3, -0.25) is 20.2 Å². The third-order valence-corrected chi connectivity index (χ3v) is 4.38. The lowest BCUT2D eigenvalue weighted by Gasteiger charge is -2.14. The Morgan fingerprint density at radius 1 is 0.750 bits per heavy atom. The molecule has 0 aliphatic carbocycles. The number of hydrogen-bond acceptors (Lipinski definition) is 7. The molecule has 0 unspecified atom stereocenters. The van der Waals surface area contributed by atoms with Gasteiger partial charge in [-0.1, -0.05) is 18.7 Å². The molecule has 3 aromatic rings. The molecule has 0 spiro atoms. The van der Waals surface area contributed by atoms with Gasteiger partial charge >= 0.3 is 0 Å². The number of non-ortho nitro benzene ring substituents is 2. The van der Waals surface area contributed by atoms with Gasteiger partial charge in [0.15, 0.2) is 0 Å². The first kappa shape index (κ1) is 22.3. The van der Waals surface area contributed by atoms with Crippen molar-refractivity contribution in [1.82, 2.24) is 0 Å². The quantitative estimate of drug-likeness (QED) is 0.230. The van der Waals surface area contributed by atoms with E-state index >= 15 is 0 Å². The van der Waals surface area contributed by atoms with Crippen LogP contribution in [0.5, 0.6) is 17.2 Å². The normalized spacial score (nSPS) is 10.2. The van der Waals surface area contributed by atoms with Crippen molar-refractivity contribution in [3.05, 3.63) is 111 Å². The molecule has 3 aromatic carbocycles. The lowest BCUT2D eigenvalue weighted by molar-refractivity contribution is -0.385. The van der Waals surface area contributed by atoms with Gasteiger partial charge < -0.3 is 14.2 Å². The topological polar surface area (TPSA) is 114 Å². The van der Waals surface area contributed by atoms with E-state index in [-0.39, 0.29) is 24.6 Å². The summed E-state index contributed by atoms with van der Waals surface area (Å²) in [6, 6.07) is 17.2. The van der Waals surface area contributed by atoms with Crippen molar-refractivity contribution < 1.29 is 24.1 Å². The van der Waals surface area contributed by atoms with E-state index in [4.69, 9.17) is 14.2 Å². The van der Waals surface area contributed by atoms with Crippen LogP contribution < -0.4 is 14.2 Å². The van der Waals surface area contributed by atoms with Gasteiger partial charge in [0.1, 0.15) is 37.1 Å². The minimum absolute atomic E-state index is 0.00764. The van der Waals surface area contributed by atoms with Crippen molar-refractivity contribution in [1.29, 1.82) is 0 Å². The van der Waals surface area contributed by atoms with E-state index in [1.807, 2.05) is 12.1 Å². The van der Waals surface area contributed by atoms with Crippen molar-refractivity contribution in [2.24, 2.45) is 0 Å². The molecule has 0 atom stereocenters. The lowest BCUT2D eigenvalue weighted by Crippen LogP contribution is -2.04. The number of ether oxygens (including phenoxy) is 3. The summed E-state index contributed by atoms with van der Waals surface area (Å²) in [5, 5.41) is 21.5. The Labute approximate surface area is 183 Å². The predicted octanol–water partition coefficient (Wildman–Crippen LogP) is 5.23. The molecule has 0 radical (unpaired) electrons. The van der Waals surface area contributed by atoms with Gasteiger partial charge in [0.25, 0.3) is 11.4 Å². The Balaban J connectivity index is 1.69. The lowest BCUT2D eigenvalue weighted by atomic mass is 10.1. The Morgan fingerprint density at radius 3 is 1.78 bits per heavy atom. The molecule has 0 bridgehead atoms. The van der Waals surface area contributed by atoms with Crippen LogP contribution in [-0.4, -0.2) is 16.5 Å². The molecule has 0 fully saturated rings. The molecule has 9 nitrogen and oxygen atoms in total. The molecule has 0 amide bonds. The van der Waals surface area contributed by atoms with Gasteiger partial charge in [-0.15, -0.1) is 0 Å². The Bertz CT molecular complexity index is 1100. The summed E-state index contributed by atoms with van der Waals surface area (Å²) in [5.41, 5.74) is 1.58. The second kappa shape index (κ2) is 10.6. The van der Waals surface area contributed by atoms with Gasteiger partial charge in [-0.2, -0.15) is 0 Å². The average Bonchev–Trinajstić information content (AvgIpc) is 2.81. The van der Waals surface area contributed by atoms with Gasteiger partial charge in [-0.25, -0.2) is 0 Å². The number of rotatable bonds is 11. The fourth-order valence-electron chi connectivity index (χ4n) is 2.78. The van der Waals surface area contributed by atoms with Gasteiger partial charge in [-0.05, 0) is 42.0 Å². The number of nitro benzene ring substituents is 2. The summed E-state index contributed by atoms with van der Waals surface area (Å²) in [7, 11) is 0. The number of nitro groups is 2. The summed E-state index contributed by atoms with van der Waals surface area (Å²) in [5.74, 6) is 1.61. The first-order valence-corrected chi connectivity index (χ1v) is 9.56. The average molecular weight is 436 g/mol. The minimum atomic E-state index is -0.473. The van der Waals surface area contributed by atoms with E-state index in [1.54, 1.807) is 12.1 Å². The summed E-state index contributed by atoms with van der Waals surface area (Å²) in [4.78, 5) is 20.6. The zero-order valence-corrected chi connectivity index (χ0v) is 17.0. The first-order chi connectivity index (χ1) is 15.5. The fraction of sp³-hybridized carbons (Fsp3) is 0.130. The van der Waals surface area contributed by atoms with Crippen molar-refractivity contribution in [3.63, 3.8) is 0 Å². The minimum Gasteiger partial charge on any atom is -0.489 e. The van der Waals surface area contributed by atoms with Crippen molar-refractivity contribution in [2.45, 2.75) is 13.2 Å². The molecule has 0 saturated carbocycles. The van der Waals surface area contributed by atoms with Crippen LogP contribution in [0.15, 0.2) is 79.4 Å². The van der Waals surface area contributed by atoms with Crippen LogP contribution >= 0.6 is 0 Å². The maximum absolute atomic E-state index is 10.8. The number of benzene rings is 3. The van der Waals surface area contributed by atoms with Crippen molar-refractivity contribution in [2.75, 3.05) is 6.61 Å². The van der Waals surface area contributed by atoms with E-state index in [1.165, 1.54) is 48.5 Å². The monoisotopic (exact) mass is 436 g/mol. The molecule has 0 aliphatic rings. The van der Waals surface area contributed by atoms with Crippen LogP contribution in [0.1, 0.15) is 11.1 Å². The third-order valence-electron chi connectivity index (χ3n) is 4.38. The molecule has 0 aromatic heterocycles. The predicted molar refractivity (Wildman–Crippen MR) is 117 cm³/mol. The van der Waals surface area contributed by atoms with Gasteiger partial charge in [0, 0.05) is 29.8 Å². The van der Waals surface area contributed by atoms with Crippen LogP contribution in [0.3, 0.4) is 0 Å². The van der Waals surface area contributed by atoms with Gasteiger partial charge in [0.05, 0.1) is 9.85 Å². The highest BCUT2D eigenvalue weighted by Crippen LogP contribution is 2.25. The number of nitrogens with zero attached hydrogens (tertiary/aromatic N) is 2. The Hall–Kier alpha value is -4.40. The summed E-state index contributed by atoms with van der Waals surface area (Å²) >= 11 is 0. The SMILES string of the molecule is C=CCOc1ccc(COc2ccc([N+](=O)[O-])cc2)cc1COc1ccc([N+](=O)[O-])cc1. The van der Waals surface area contributed by atoms with E-state index in [9.17, 15) is 20.2 Å². The van der Waals surface area contributed by atoms with Crippen molar-refractivity contribution >= 4 is 11.4 Å². The van der Waals surface area contributed by atoms with Gasteiger partial charge in [0.2, 0.25) is 0 Å². The second-order valence-corrected chi connectivity index (χ2v) is 6.62. The van der Waals surface area contributed by atoms with E-state index in [2.05, 4.69) is 6.58 Å². The summed E-state index contributed by atoms with van der Waals surface area (Å²) in [6.07, 6.45) is 1.63. The number of hydrogen-bond donors (Lipinski definition) is 0. The van der Waals surface area contributed by atoms with E-state index in [0.717, 1.165) is 11.1 Å². The molecule has 0 heterocycles. The summed E-state index contributed by atoms with van der Waals surface area (Å²) in [6.45, 7) is 4.38. The largest absolute Gasteiger partial charge is 0.489 e. The molecular weight excluding hydrogens is 416 g/mol. The molecule has 0 aliphatic heterocycles. The summed E-state index contributed by atoms with van der Waals surface area (Å²) < 4.78 is 17.2. The fourth-order valence-corrected chi connectivity index (χ4v) is 2.78. The zero-order chi connectivity index (χ0) is 22.9. The van der Waals surface area contributed by atoms with Crippen LogP contribution in [0, 0.1) is 20.2 Å². The molecule has 9 heteroatoms. The Morgan fingerprint density at radius 2 is 1.28 bits per heavy atom. The van der Waals surface area contributed by atoms with Crippen LogP contribution in [0.25, 0.3) is 0 Å². The highest BCUT2D eigenvalue weighted by Gasteiger charge is 2.10. The van der Waals surface area contributed by atoms with E-state index < -0.39 is 9.85 Å². The van der Waals surface area contributed by atoms with Crippen LogP contribution in [0.2, 0.25) is 0 Å². The maximum Gasteiger partial charge on any atom is 0.269 e. The highest BCUT2D eigenvalue weighted by atomic mass is 16.6. The van der Waals surface area contributed by atoms with E-state index in [0.29, 0.717) is 23.9 Å². The molecule has 0 saturated heterocycles. The Kier molecular flexibility index (Phi) is 7.37. The standard InChI is InChI=1S/C23H20N2O7/c1-2-13-30-23-12-3-17(15-31-21-8-4-19(5-9-21)24(26)27)14-18(23)16-32-22-10-6-20(7-11-22)25(28)29/h2-12,14H,1,13,15-16H2. The highest BCUT2D eigenvalue weighted by molar-refractivity contribution is 5.40. The smallest absolute Gasteiger partial charge is 0.269 e. The van der Waals surface area contributed by atoms with Crippen LogP contribution in [0.4, 0.5) is 11.4 Å². The van der Waals surface area contributed by atoms with Crippen LogP contribution in [-0.2, 0) is 13.2 Å². The molecular formula is C23H20N2O7. The molecule has 3 rings (SSSR count). The third kappa shape index (κ3) is 6.05. The van der Waals surface area contributed by atoms with Crippen molar-refractivity contribution in [3.8, 4) is 17.2 Å². The zero-order valence-electron chi connectivity index (χ0n) is 17.0. The molecule has 164 valence electrons. The molecule has 0 N–H and O–H groups in total. The molecule has 32 heavy (non-hydrogen) atoms. The first-order valence-electron chi connectivity index (χ1n) is 9.56.